The van der Waals surface area contributed by atoms with E-state index in [4.69, 9.17) is 18.6 Å². The first-order valence-corrected chi connectivity index (χ1v) is 11.7. The van der Waals surface area contributed by atoms with E-state index < -0.39 is 110 Å². The van der Waals surface area contributed by atoms with Gasteiger partial charge in [0.05, 0.1) is 30.9 Å². The zero-order valence-electron chi connectivity index (χ0n) is 20.8. The van der Waals surface area contributed by atoms with Gasteiger partial charge in [0.15, 0.2) is 46.7 Å². The summed E-state index contributed by atoms with van der Waals surface area (Å²) in [5.74, 6) is -11.1. The Morgan fingerprint density at radius 3 is 2.27 bits per heavy atom. The van der Waals surface area contributed by atoms with E-state index in [0.717, 1.165) is 32.4 Å². The maximum Gasteiger partial charge on any atom is 0.374 e. The maximum absolute atomic E-state index is 12.8. The van der Waals surface area contributed by atoms with Crippen molar-refractivity contribution in [1.29, 1.82) is 0 Å². The molecule has 1 aliphatic carbocycles. The second kappa shape index (κ2) is 8.44. The van der Waals surface area contributed by atoms with E-state index in [1.807, 2.05) is 0 Å². The van der Waals surface area contributed by atoms with E-state index in [0.29, 0.717) is 0 Å². The van der Waals surface area contributed by atoms with Gasteiger partial charge in [-0.25, -0.2) is 9.59 Å². The average molecular weight is 570 g/mol. The quantitative estimate of drug-likeness (QED) is 0.178. The molecule has 2 aliphatic heterocycles. The highest BCUT2D eigenvalue weighted by Gasteiger charge is 2.64. The molecule has 0 saturated carbocycles. The van der Waals surface area contributed by atoms with Crippen LogP contribution in [0.2, 0.25) is 0 Å². The summed E-state index contributed by atoms with van der Waals surface area (Å²) in [6.45, 7) is 0. The number of allylic oxidation sites excluding steroid dienone is 2. The summed E-state index contributed by atoms with van der Waals surface area (Å²) >= 11 is 0. The van der Waals surface area contributed by atoms with E-state index in [-0.39, 0.29) is 10.9 Å². The first-order valence-electron chi connectivity index (χ1n) is 11.7. The van der Waals surface area contributed by atoms with Crippen molar-refractivity contribution in [1.82, 2.24) is 0 Å². The second-order valence-electron chi connectivity index (χ2n) is 9.31. The molecule has 4 unspecified atom stereocenters. The second-order valence-corrected chi connectivity index (χ2v) is 9.31. The highest BCUT2D eigenvalue weighted by molar-refractivity contribution is 6.26. The van der Waals surface area contributed by atoms with Gasteiger partial charge in [0.1, 0.15) is 17.2 Å². The maximum atomic E-state index is 12.8. The minimum Gasteiger partial charge on any atom is -0.507 e. The summed E-state index contributed by atoms with van der Waals surface area (Å²) in [5.41, 5.74) is -3.60. The number of ketones is 2. The zero-order valence-corrected chi connectivity index (χ0v) is 20.8. The number of phenols is 3. The van der Waals surface area contributed by atoms with Crippen molar-refractivity contribution >= 4 is 28.3 Å². The van der Waals surface area contributed by atoms with Crippen molar-refractivity contribution in [3.05, 3.63) is 62.4 Å². The summed E-state index contributed by atoms with van der Waals surface area (Å²) < 4.78 is 25.5. The fraction of sp³-hybridized carbons (Fsp3) is 0.231. The molecule has 212 valence electrons. The van der Waals surface area contributed by atoms with Crippen LogP contribution in [0.1, 0.15) is 54.6 Å². The third-order valence-corrected chi connectivity index (χ3v) is 7.22. The lowest BCUT2D eigenvalue weighted by Crippen LogP contribution is -2.58. The predicted octanol–water partition coefficient (Wildman–Crippen LogP) is 0.215. The van der Waals surface area contributed by atoms with E-state index in [1.54, 1.807) is 0 Å². The average Bonchev–Trinajstić information content (AvgIpc) is 3.24. The van der Waals surface area contributed by atoms with Crippen LogP contribution in [0.25, 0.3) is 10.8 Å². The minimum atomic E-state index is -2.80. The molecule has 3 aliphatic rings. The molecule has 41 heavy (non-hydrogen) atoms. The summed E-state index contributed by atoms with van der Waals surface area (Å²) in [4.78, 5) is 50.0. The summed E-state index contributed by atoms with van der Waals surface area (Å²) in [5, 5.41) is 65.7. The largest absolute Gasteiger partial charge is 0.507 e. The molecule has 15 nitrogen and oxygen atoms in total. The fourth-order valence-electron chi connectivity index (χ4n) is 5.27. The monoisotopic (exact) mass is 570 g/mol. The van der Waals surface area contributed by atoms with E-state index in [1.165, 1.54) is 0 Å². The highest BCUT2D eigenvalue weighted by Crippen LogP contribution is 2.60. The molecule has 1 spiro atoms. The van der Waals surface area contributed by atoms with Gasteiger partial charge in [-0.2, -0.15) is 0 Å². The molecule has 0 fully saturated rings. The van der Waals surface area contributed by atoms with Crippen molar-refractivity contribution in [3.63, 3.8) is 0 Å². The molecule has 4 atom stereocenters. The number of hydrogen-bond acceptors (Lipinski definition) is 15. The number of aliphatic hydroxyl groups is 3. The number of Topliss-reactive ketones (excluding diaryl/α,β-unsaturated/α-hetero) is 1. The Balaban J connectivity index is 1.54. The molecular formula is C26H18O15. The van der Waals surface area contributed by atoms with Crippen molar-refractivity contribution in [2.75, 3.05) is 14.2 Å². The van der Waals surface area contributed by atoms with Crippen molar-refractivity contribution in [2.24, 2.45) is 0 Å². The lowest BCUT2D eigenvalue weighted by atomic mass is 9.85. The molecule has 6 rings (SSSR count). The molecular weight excluding hydrogens is 552 g/mol. The van der Waals surface area contributed by atoms with Crippen molar-refractivity contribution in [3.8, 4) is 28.7 Å². The molecule has 3 aromatic rings. The number of aromatic hydroxyl groups is 3. The number of carbonyl (C=O) groups excluding carboxylic acids is 3. The van der Waals surface area contributed by atoms with Crippen LogP contribution in [-0.2, 0) is 9.47 Å². The SMILES string of the molecule is COC(=O)c1cc2cc3c(c(O)c2c(=O)o1)OC1(Oc2c(O)c4c(c(O)c2C1O)C(=O)C=C(OC)C4=O)C(O)C3O. The van der Waals surface area contributed by atoms with Crippen LogP contribution >= 0.6 is 0 Å². The number of hydrogen-bond donors (Lipinski definition) is 6. The number of carbonyl (C=O) groups is 3. The van der Waals surface area contributed by atoms with E-state index in [2.05, 4.69) is 4.74 Å². The normalized spacial score (nSPS) is 24.2. The van der Waals surface area contributed by atoms with Crippen LogP contribution < -0.4 is 15.1 Å². The fourth-order valence-corrected chi connectivity index (χ4v) is 5.27. The van der Waals surface area contributed by atoms with Crippen LogP contribution in [0.15, 0.2) is 33.2 Å². The van der Waals surface area contributed by atoms with Gasteiger partial charge < -0.3 is 54.0 Å². The Hall–Kier alpha value is -5.12. The smallest absolute Gasteiger partial charge is 0.374 e. The van der Waals surface area contributed by atoms with Gasteiger partial charge in [-0.1, -0.05) is 0 Å². The van der Waals surface area contributed by atoms with E-state index >= 15 is 0 Å². The predicted molar refractivity (Wildman–Crippen MR) is 129 cm³/mol. The van der Waals surface area contributed by atoms with Crippen molar-refractivity contribution < 1.29 is 68.4 Å². The molecule has 15 heteroatoms. The van der Waals surface area contributed by atoms with Gasteiger partial charge >= 0.3 is 17.4 Å². The Kier molecular flexibility index (Phi) is 5.38. The number of methoxy groups -OCH3 is 2. The number of phenolic OH excluding ortho intramolecular Hbond substituents is 3. The minimum absolute atomic E-state index is 0.110. The van der Waals surface area contributed by atoms with Crippen LogP contribution in [0.4, 0.5) is 0 Å². The Labute approximate surface area is 226 Å². The van der Waals surface area contributed by atoms with Crippen LogP contribution in [0.3, 0.4) is 0 Å². The number of esters is 1. The third kappa shape index (κ3) is 3.18. The standard InChI is InChI=1S/C26H18O15/c1-37-9-5-8(27)12-13(16(9)29)19(32)21-14(17(12)30)22(33)26(41-21)23(34)15(28)7-3-6-4-10(24(35)38-2)39-25(36)11(6)18(31)20(7)40-26/h3-5,15,22-23,28,30-34H,1-2H3. The molecule has 0 radical (unpaired) electrons. The van der Waals surface area contributed by atoms with Crippen LogP contribution in [0.5, 0.6) is 28.7 Å². The Morgan fingerprint density at radius 1 is 0.927 bits per heavy atom. The van der Waals surface area contributed by atoms with Gasteiger partial charge in [0, 0.05) is 11.6 Å². The summed E-state index contributed by atoms with van der Waals surface area (Å²) in [6, 6.07) is 2.14. The molecule has 3 heterocycles. The third-order valence-electron chi connectivity index (χ3n) is 7.22. The number of ether oxygens (including phenoxy) is 4. The molecule has 6 N–H and O–H groups in total. The topological polar surface area (TPSA) is 240 Å². The first kappa shape index (κ1) is 26.1. The number of fused-ring (bicyclic) bond motifs is 4. The van der Waals surface area contributed by atoms with Gasteiger partial charge in [-0.15, -0.1) is 0 Å². The highest BCUT2D eigenvalue weighted by atomic mass is 16.7. The number of aliphatic hydroxyl groups excluding tert-OH is 3. The zero-order chi connectivity index (χ0) is 29.7. The van der Waals surface area contributed by atoms with Gasteiger partial charge in [0.2, 0.25) is 11.5 Å². The van der Waals surface area contributed by atoms with E-state index in [9.17, 15) is 49.8 Å². The van der Waals surface area contributed by atoms with Gasteiger partial charge in [-0.05, 0) is 17.5 Å². The molecule has 2 aromatic carbocycles. The van der Waals surface area contributed by atoms with Crippen LogP contribution in [0, 0.1) is 0 Å². The lowest BCUT2D eigenvalue weighted by molar-refractivity contribution is -0.260. The Bertz CT molecular complexity index is 1830. The number of rotatable bonds is 2. The van der Waals surface area contributed by atoms with Gasteiger partial charge in [-0.3, -0.25) is 9.59 Å². The number of benzene rings is 2. The molecule has 0 saturated heterocycles. The summed E-state index contributed by atoms with van der Waals surface area (Å²) in [7, 11) is 2.14. The first-order chi connectivity index (χ1) is 19.4. The molecule has 1 aromatic heterocycles. The Morgan fingerprint density at radius 2 is 1.61 bits per heavy atom. The molecule has 0 amide bonds. The van der Waals surface area contributed by atoms with Crippen molar-refractivity contribution in [2.45, 2.75) is 24.1 Å². The molecule has 0 bridgehead atoms. The van der Waals surface area contributed by atoms with Crippen LogP contribution in [-0.4, -0.2) is 74.3 Å². The van der Waals surface area contributed by atoms with Gasteiger partial charge in [0.25, 0.3) is 0 Å². The lowest BCUT2D eigenvalue weighted by Gasteiger charge is -2.42. The summed E-state index contributed by atoms with van der Waals surface area (Å²) in [6.07, 6.45) is -5.73.